The Balaban J connectivity index is 2.55. The molecule has 0 bridgehead atoms. The highest BCUT2D eigenvalue weighted by Crippen LogP contribution is 2.39. The van der Waals surface area contributed by atoms with Crippen LogP contribution in [0.5, 0.6) is 0 Å². The van der Waals surface area contributed by atoms with Gasteiger partial charge in [0, 0.05) is 5.54 Å². The zero-order valence-corrected chi connectivity index (χ0v) is 7.15. The van der Waals surface area contributed by atoms with Gasteiger partial charge in [0.1, 0.15) is 0 Å². The van der Waals surface area contributed by atoms with Gasteiger partial charge < -0.3 is 5.73 Å². The van der Waals surface area contributed by atoms with Crippen LogP contribution in [0.15, 0.2) is 11.6 Å². The van der Waals surface area contributed by atoms with Crippen molar-refractivity contribution in [2.24, 2.45) is 11.7 Å². The Labute approximate surface area is 63.3 Å². The number of hydrogen-bond donors (Lipinski definition) is 1. The van der Waals surface area contributed by atoms with E-state index in [2.05, 4.69) is 26.8 Å². The number of rotatable bonds is 2. The Morgan fingerprint density at radius 1 is 1.50 bits per heavy atom. The quantitative estimate of drug-likeness (QED) is 0.582. The van der Waals surface area contributed by atoms with Gasteiger partial charge in [-0.3, -0.25) is 0 Å². The van der Waals surface area contributed by atoms with Crippen LogP contribution in [0.4, 0.5) is 0 Å². The standard InChI is InChI=1S/C9H17N/c1-7(2)6-8(3)9(10)4-5-9/h6-7H,4-5,10H2,1-3H3. The van der Waals surface area contributed by atoms with Crippen molar-refractivity contribution in [2.45, 2.75) is 39.2 Å². The molecule has 1 aliphatic carbocycles. The molecule has 1 nitrogen and oxygen atoms in total. The van der Waals surface area contributed by atoms with Gasteiger partial charge in [-0.25, -0.2) is 0 Å². The van der Waals surface area contributed by atoms with Crippen LogP contribution in [0.25, 0.3) is 0 Å². The second kappa shape index (κ2) is 2.39. The van der Waals surface area contributed by atoms with Crippen molar-refractivity contribution in [1.29, 1.82) is 0 Å². The smallest absolute Gasteiger partial charge is 0.0367 e. The molecular formula is C9H17N. The largest absolute Gasteiger partial charge is 0.322 e. The molecule has 1 saturated carbocycles. The minimum atomic E-state index is 0.101. The maximum atomic E-state index is 5.97. The molecule has 0 spiro atoms. The predicted molar refractivity (Wildman–Crippen MR) is 44.7 cm³/mol. The van der Waals surface area contributed by atoms with Crippen molar-refractivity contribution >= 4 is 0 Å². The molecule has 1 heteroatoms. The summed E-state index contributed by atoms with van der Waals surface area (Å²) in [5.41, 5.74) is 7.45. The van der Waals surface area contributed by atoms with Gasteiger partial charge in [0.05, 0.1) is 0 Å². The molecule has 0 aromatic rings. The summed E-state index contributed by atoms with van der Waals surface area (Å²) < 4.78 is 0. The van der Waals surface area contributed by atoms with Crippen molar-refractivity contribution in [3.05, 3.63) is 11.6 Å². The van der Waals surface area contributed by atoms with Crippen LogP contribution in [-0.2, 0) is 0 Å². The van der Waals surface area contributed by atoms with Crippen molar-refractivity contribution in [3.8, 4) is 0 Å². The summed E-state index contributed by atoms with van der Waals surface area (Å²) in [5, 5.41) is 0. The van der Waals surface area contributed by atoms with E-state index in [0.29, 0.717) is 5.92 Å². The maximum absolute atomic E-state index is 5.97. The summed E-state index contributed by atoms with van der Waals surface area (Å²) in [6, 6.07) is 0. The zero-order valence-electron chi connectivity index (χ0n) is 7.15. The molecule has 0 unspecified atom stereocenters. The second-order valence-corrected chi connectivity index (χ2v) is 3.75. The topological polar surface area (TPSA) is 26.0 Å². The van der Waals surface area contributed by atoms with E-state index in [4.69, 9.17) is 5.73 Å². The van der Waals surface area contributed by atoms with Crippen LogP contribution >= 0.6 is 0 Å². The highest BCUT2D eigenvalue weighted by Gasteiger charge is 2.39. The summed E-state index contributed by atoms with van der Waals surface area (Å²) in [7, 11) is 0. The normalized spacial score (nSPS) is 23.5. The molecule has 0 aromatic heterocycles. The van der Waals surface area contributed by atoms with E-state index >= 15 is 0 Å². The summed E-state index contributed by atoms with van der Waals surface area (Å²) in [5.74, 6) is 0.640. The van der Waals surface area contributed by atoms with Crippen LogP contribution in [-0.4, -0.2) is 5.54 Å². The first-order chi connectivity index (χ1) is 4.54. The van der Waals surface area contributed by atoms with Gasteiger partial charge >= 0.3 is 0 Å². The minimum absolute atomic E-state index is 0.101. The first-order valence-electron chi connectivity index (χ1n) is 4.02. The fourth-order valence-corrected chi connectivity index (χ4v) is 1.19. The minimum Gasteiger partial charge on any atom is -0.322 e. The van der Waals surface area contributed by atoms with E-state index in [1.54, 1.807) is 0 Å². The lowest BCUT2D eigenvalue weighted by molar-refractivity contribution is 0.747. The van der Waals surface area contributed by atoms with Gasteiger partial charge in [-0.05, 0) is 25.7 Å². The third-order valence-electron chi connectivity index (χ3n) is 2.16. The Kier molecular flexibility index (Phi) is 1.86. The third-order valence-corrected chi connectivity index (χ3v) is 2.16. The molecule has 58 valence electrons. The van der Waals surface area contributed by atoms with Crippen LogP contribution in [0.2, 0.25) is 0 Å². The number of hydrogen-bond acceptors (Lipinski definition) is 1. The third kappa shape index (κ3) is 1.60. The average molecular weight is 139 g/mol. The van der Waals surface area contributed by atoms with E-state index in [1.165, 1.54) is 18.4 Å². The molecule has 10 heavy (non-hydrogen) atoms. The van der Waals surface area contributed by atoms with Crippen molar-refractivity contribution < 1.29 is 0 Å². The Bertz CT molecular complexity index is 152. The van der Waals surface area contributed by atoms with Crippen LogP contribution in [0.1, 0.15) is 33.6 Å². The molecule has 2 N–H and O–H groups in total. The van der Waals surface area contributed by atoms with Gasteiger partial charge in [0.15, 0.2) is 0 Å². The lowest BCUT2D eigenvalue weighted by Crippen LogP contribution is -2.23. The zero-order chi connectivity index (χ0) is 7.78. The first kappa shape index (κ1) is 7.80. The number of nitrogens with two attached hydrogens (primary N) is 1. The summed E-state index contributed by atoms with van der Waals surface area (Å²) in [4.78, 5) is 0. The molecule has 1 fully saturated rings. The highest BCUT2D eigenvalue weighted by molar-refractivity contribution is 5.25. The van der Waals surface area contributed by atoms with Gasteiger partial charge in [-0.2, -0.15) is 0 Å². The van der Waals surface area contributed by atoms with E-state index in [-0.39, 0.29) is 5.54 Å². The molecule has 0 radical (unpaired) electrons. The molecule has 0 heterocycles. The summed E-state index contributed by atoms with van der Waals surface area (Å²) >= 11 is 0. The Morgan fingerprint density at radius 3 is 2.30 bits per heavy atom. The van der Waals surface area contributed by atoms with Crippen LogP contribution in [0, 0.1) is 5.92 Å². The van der Waals surface area contributed by atoms with Gasteiger partial charge in [-0.1, -0.05) is 25.5 Å². The van der Waals surface area contributed by atoms with E-state index in [1.807, 2.05) is 0 Å². The molecule has 0 atom stereocenters. The molecule has 1 rings (SSSR count). The van der Waals surface area contributed by atoms with E-state index in [9.17, 15) is 0 Å². The molecule has 0 saturated heterocycles. The Hall–Kier alpha value is -0.300. The van der Waals surface area contributed by atoms with Crippen molar-refractivity contribution in [1.82, 2.24) is 0 Å². The van der Waals surface area contributed by atoms with Crippen molar-refractivity contribution in [3.63, 3.8) is 0 Å². The first-order valence-corrected chi connectivity index (χ1v) is 4.02. The van der Waals surface area contributed by atoms with E-state index < -0.39 is 0 Å². The number of allylic oxidation sites excluding steroid dienone is 1. The fraction of sp³-hybridized carbons (Fsp3) is 0.778. The predicted octanol–water partition coefficient (Wildman–Crippen LogP) is 2.08. The fourth-order valence-electron chi connectivity index (χ4n) is 1.19. The summed E-state index contributed by atoms with van der Waals surface area (Å²) in [6.45, 7) is 6.53. The lowest BCUT2D eigenvalue weighted by atomic mass is 10.0. The average Bonchev–Trinajstić information content (AvgIpc) is 2.47. The van der Waals surface area contributed by atoms with E-state index in [0.717, 1.165) is 0 Å². The van der Waals surface area contributed by atoms with Crippen LogP contribution < -0.4 is 5.73 Å². The monoisotopic (exact) mass is 139 g/mol. The molecule has 0 amide bonds. The van der Waals surface area contributed by atoms with Crippen molar-refractivity contribution in [2.75, 3.05) is 0 Å². The SMILES string of the molecule is CC(=CC(C)C)C1(N)CC1. The lowest BCUT2D eigenvalue weighted by Gasteiger charge is -2.09. The van der Waals surface area contributed by atoms with Gasteiger partial charge in [-0.15, -0.1) is 0 Å². The molecule has 0 aliphatic heterocycles. The molecule has 0 aromatic carbocycles. The maximum Gasteiger partial charge on any atom is 0.0367 e. The Morgan fingerprint density at radius 2 is 2.00 bits per heavy atom. The molecule has 1 aliphatic rings. The highest BCUT2D eigenvalue weighted by atomic mass is 14.8. The van der Waals surface area contributed by atoms with Gasteiger partial charge in [0.25, 0.3) is 0 Å². The molecular weight excluding hydrogens is 122 g/mol. The van der Waals surface area contributed by atoms with Gasteiger partial charge in [0.2, 0.25) is 0 Å². The summed E-state index contributed by atoms with van der Waals surface area (Å²) in [6.07, 6.45) is 4.64. The second-order valence-electron chi connectivity index (χ2n) is 3.75. The van der Waals surface area contributed by atoms with Crippen LogP contribution in [0.3, 0.4) is 0 Å².